The fraction of sp³-hybridized carbons (Fsp3) is 0.333. The molecule has 3 rings (SSSR count). The maximum absolute atomic E-state index is 13.9. The van der Waals surface area contributed by atoms with E-state index in [4.69, 9.17) is 16.3 Å². The smallest absolute Gasteiger partial charge is 0.264 e. The number of hydrogen-bond acceptors (Lipinski definition) is 5. The van der Waals surface area contributed by atoms with Crippen molar-refractivity contribution in [3.63, 3.8) is 0 Å². The third kappa shape index (κ3) is 7.76. The van der Waals surface area contributed by atoms with Gasteiger partial charge in [-0.3, -0.25) is 13.9 Å². The Kier molecular flexibility index (Phi) is 10.6. The molecule has 2 atom stereocenters. The normalized spacial score (nSPS) is 12.8. The minimum absolute atomic E-state index is 0.0105. The molecule has 2 amide bonds. The fourth-order valence-corrected chi connectivity index (χ4v) is 5.49. The van der Waals surface area contributed by atoms with Gasteiger partial charge in [0.25, 0.3) is 10.0 Å². The van der Waals surface area contributed by atoms with Gasteiger partial charge in [0.2, 0.25) is 11.8 Å². The van der Waals surface area contributed by atoms with Crippen LogP contribution in [0.25, 0.3) is 0 Å². The van der Waals surface area contributed by atoms with Crippen molar-refractivity contribution in [3.8, 4) is 5.75 Å². The van der Waals surface area contributed by atoms with Crippen LogP contribution >= 0.6 is 11.6 Å². The van der Waals surface area contributed by atoms with Crippen molar-refractivity contribution in [2.24, 2.45) is 0 Å². The average molecular weight is 586 g/mol. The van der Waals surface area contributed by atoms with E-state index in [0.29, 0.717) is 10.8 Å². The lowest BCUT2D eigenvalue weighted by Gasteiger charge is -2.32. The molecule has 1 N–H and O–H groups in total. The third-order valence-electron chi connectivity index (χ3n) is 6.68. The number of amides is 2. The number of benzene rings is 3. The number of aryl methyl sites for hydroxylation is 1. The van der Waals surface area contributed by atoms with E-state index in [0.717, 1.165) is 21.9 Å². The SMILES string of the molecule is CC[C@H](C)NC(=O)[C@H](C)N(Cc1ccc(C)cc1)C(=O)CN(c1ccc(Cl)cc1)S(=O)(=O)c1ccc(OC)cc1. The fourth-order valence-electron chi connectivity index (χ4n) is 3.95. The molecule has 0 aliphatic rings. The maximum atomic E-state index is 13.9. The second-order valence-corrected chi connectivity index (χ2v) is 12.0. The third-order valence-corrected chi connectivity index (χ3v) is 8.72. The summed E-state index contributed by atoms with van der Waals surface area (Å²) in [6.45, 7) is 7.06. The van der Waals surface area contributed by atoms with Crippen molar-refractivity contribution in [2.75, 3.05) is 18.0 Å². The molecule has 0 aliphatic carbocycles. The van der Waals surface area contributed by atoms with Crippen LogP contribution in [0.3, 0.4) is 0 Å². The van der Waals surface area contributed by atoms with Crippen LogP contribution in [0.4, 0.5) is 5.69 Å². The molecular formula is C30H36ClN3O5S. The number of methoxy groups -OCH3 is 1. The molecule has 0 unspecified atom stereocenters. The van der Waals surface area contributed by atoms with Gasteiger partial charge in [0.1, 0.15) is 18.3 Å². The van der Waals surface area contributed by atoms with E-state index in [9.17, 15) is 18.0 Å². The van der Waals surface area contributed by atoms with Gasteiger partial charge in [0, 0.05) is 17.6 Å². The number of hydrogen-bond donors (Lipinski definition) is 1. The molecule has 10 heteroatoms. The molecule has 0 radical (unpaired) electrons. The van der Waals surface area contributed by atoms with Gasteiger partial charge in [-0.2, -0.15) is 0 Å². The highest BCUT2D eigenvalue weighted by Crippen LogP contribution is 2.27. The second kappa shape index (κ2) is 13.7. The summed E-state index contributed by atoms with van der Waals surface area (Å²) in [6.07, 6.45) is 0.731. The van der Waals surface area contributed by atoms with Gasteiger partial charge in [0.05, 0.1) is 17.7 Å². The van der Waals surface area contributed by atoms with Crippen molar-refractivity contribution >= 4 is 39.1 Å². The number of anilines is 1. The molecule has 3 aromatic rings. The summed E-state index contributed by atoms with van der Waals surface area (Å²) < 4.78 is 33.9. The van der Waals surface area contributed by atoms with Crippen LogP contribution in [-0.2, 0) is 26.2 Å². The summed E-state index contributed by atoms with van der Waals surface area (Å²) in [4.78, 5) is 28.5. The number of carbonyl (C=O) groups is 2. The van der Waals surface area contributed by atoms with Crippen molar-refractivity contribution in [1.29, 1.82) is 0 Å². The number of sulfonamides is 1. The Morgan fingerprint density at radius 1 is 0.950 bits per heavy atom. The van der Waals surface area contributed by atoms with Gasteiger partial charge in [0.15, 0.2) is 0 Å². The van der Waals surface area contributed by atoms with Crippen LogP contribution in [-0.4, -0.2) is 50.9 Å². The molecule has 0 saturated heterocycles. The minimum Gasteiger partial charge on any atom is -0.497 e. The summed E-state index contributed by atoms with van der Waals surface area (Å²) in [7, 11) is -2.69. The molecule has 0 aliphatic heterocycles. The predicted molar refractivity (Wildman–Crippen MR) is 158 cm³/mol. The Labute approximate surface area is 241 Å². The summed E-state index contributed by atoms with van der Waals surface area (Å²) in [5.41, 5.74) is 2.14. The summed E-state index contributed by atoms with van der Waals surface area (Å²) >= 11 is 6.07. The van der Waals surface area contributed by atoms with Crippen molar-refractivity contribution < 1.29 is 22.7 Å². The number of halogens is 1. The second-order valence-electron chi connectivity index (χ2n) is 9.66. The molecule has 214 valence electrons. The van der Waals surface area contributed by atoms with E-state index in [2.05, 4.69) is 5.32 Å². The largest absolute Gasteiger partial charge is 0.497 e. The Hall–Kier alpha value is -3.56. The molecule has 0 bridgehead atoms. The van der Waals surface area contributed by atoms with Crippen LogP contribution < -0.4 is 14.4 Å². The quantitative estimate of drug-likeness (QED) is 0.316. The van der Waals surface area contributed by atoms with E-state index in [1.54, 1.807) is 43.3 Å². The first kappa shape index (κ1) is 31.0. The Morgan fingerprint density at radius 3 is 2.10 bits per heavy atom. The predicted octanol–water partition coefficient (Wildman–Crippen LogP) is 5.18. The monoisotopic (exact) mass is 585 g/mol. The summed E-state index contributed by atoms with van der Waals surface area (Å²) in [5.74, 6) is -0.344. The standard InChI is InChI=1S/C30H36ClN3O5S/c1-6-22(3)32-30(36)23(4)33(19-24-9-7-21(2)8-10-24)29(35)20-34(26-13-11-25(31)12-14-26)40(37,38)28-17-15-27(39-5)16-18-28/h7-18,22-23H,6,19-20H2,1-5H3,(H,32,36)/t22-,23-/m0/s1. The Balaban J connectivity index is 2.01. The van der Waals surface area contributed by atoms with Crippen LogP contribution in [0.2, 0.25) is 5.02 Å². The van der Waals surface area contributed by atoms with Crippen LogP contribution in [0.15, 0.2) is 77.7 Å². The zero-order chi connectivity index (χ0) is 29.4. The Morgan fingerprint density at radius 2 is 1.55 bits per heavy atom. The van der Waals surface area contributed by atoms with Gasteiger partial charge in [-0.1, -0.05) is 48.4 Å². The highest BCUT2D eigenvalue weighted by Gasteiger charge is 2.32. The molecular weight excluding hydrogens is 550 g/mol. The number of rotatable bonds is 12. The van der Waals surface area contributed by atoms with Gasteiger partial charge < -0.3 is 15.0 Å². The van der Waals surface area contributed by atoms with E-state index in [1.807, 2.05) is 45.0 Å². The topological polar surface area (TPSA) is 96.0 Å². The minimum atomic E-state index is -4.18. The Bertz CT molecular complexity index is 1390. The lowest BCUT2D eigenvalue weighted by Crippen LogP contribution is -2.52. The first-order chi connectivity index (χ1) is 19.0. The summed E-state index contributed by atoms with van der Waals surface area (Å²) in [6, 6.07) is 18.8. The first-order valence-electron chi connectivity index (χ1n) is 13.0. The van der Waals surface area contributed by atoms with Gasteiger partial charge in [-0.15, -0.1) is 0 Å². The van der Waals surface area contributed by atoms with Crippen LogP contribution in [0, 0.1) is 6.92 Å². The lowest BCUT2D eigenvalue weighted by molar-refractivity contribution is -0.139. The van der Waals surface area contributed by atoms with Gasteiger partial charge in [-0.25, -0.2) is 8.42 Å². The zero-order valence-corrected chi connectivity index (χ0v) is 25.0. The molecule has 0 saturated carbocycles. The number of ether oxygens (including phenoxy) is 1. The van der Waals surface area contributed by atoms with Gasteiger partial charge in [-0.05, 0) is 81.3 Å². The van der Waals surface area contributed by atoms with E-state index in [1.165, 1.54) is 24.1 Å². The molecule has 0 spiro atoms. The summed E-state index contributed by atoms with van der Waals surface area (Å²) in [5, 5.41) is 3.35. The highest BCUT2D eigenvalue weighted by atomic mass is 35.5. The zero-order valence-electron chi connectivity index (χ0n) is 23.4. The average Bonchev–Trinajstić information content (AvgIpc) is 2.95. The van der Waals surface area contributed by atoms with Crippen molar-refractivity contribution in [3.05, 3.63) is 88.9 Å². The maximum Gasteiger partial charge on any atom is 0.264 e. The molecule has 0 fully saturated rings. The van der Waals surface area contributed by atoms with Gasteiger partial charge >= 0.3 is 0 Å². The van der Waals surface area contributed by atoms with E-state index < -0.39 is 28.5 Å². The molecule has 0 aromatic heterocycles. The number of nitrogens with one attached hydrogen (secondary N) is 1. The highest BCUT2D eigenvalue weighted by molar-refractivity contribution is 7.92. The number of nitrogens with zero attached hydrogens (tertiary/aromatic N) is 2. The molecule has 8 nitrogen and oxygen atoms in total. The number of carbonyl (C=O) groups excluding carboxylic acids is 2. The van der Waals surface area contributed by atoms with E-state index >= 15 is 0 Å². The molecule has 40 heavy (non-hydrogen) atoms. The van der Waals surface area contributed by atoms with E-state index in [-0.39, 0.29) is 29.1 Å². The van der Waals surface area contributed by atoms with Crippen LogP contribution in [0.5, 0.6) is 5.75 Å². The van der Waals surface area contributed by atoms with Crippen molar-refractivity contribution in [1.82, 2.24) is 10.2 Å². The first-order valence-corrected chi connectivity index (χ1v) is 14.9. The molecule has 0 heterocycles. The van der Waals surface area contributed by atoms with Crippen LogP contribution in [0.1, 0.15) is 38.3 Å². The molecule has 3 aromatic carbocycles. The lowest BCUT2D eigenvalue weighted by atomic mass is 10.1. The van der Waals surface area contributed by atoms with Crippen molar-refractivity contribution in [2.45, 2.75) is 57.6 Å².